The standard InChI is InChI=1S/4C7H7O.Hf/c4*8-6-7-4-2-1-3-5-7;/h4*1-5H,6H2;/q4*-1;+4. The molecule has 4 nitrogen and oxygen atoms in total. The average Bonchev–Trinajstić information content (AvgIpc) is 2.90. The van der Waals surface area contributed by atoms with Gasteiger partial charge in [-0.2, -0.15) is 0 Å². The quantitative estimate of drug-likeness (QED) is 0.169. The van der Waals surface area contributed by atoms with E-state index in [2.05, 4.69) is 0 Å². The summed E-state index contributed by atoms with van der Waals surface area (Å²) in [6.45, 7) is 1.50. The molecule has 5 heteroatoms. The van der Waals surface area contributed by atoms with E-state index < -0.39 is 21.7 Å². The van der Waals surface area contributed by atoms with Crippen molar-refractivity contribution in [3.63, 3.8) is 0 Å². The van der Waals surface area contributed by atoms with Crippen molar-refractivity contribution in [3.05, 3.63) is 144 Å². The SMILES string of the molecule is c1ccc(C[O][Hf]([O]Cc2ccccc2)([O]Cc2ccccc2)[O]Cc2ccccc2)cc1. The molecule has 0 bridgehead atoms. The summed E-state index contributed by atoms with van der Waals surface area (Å²) < 4.78 is 25.7. The fourth-order valence-electron chi connectivity index (χ4n) is 3.23. The van der Waals surface area contributed by atoms with Crippen molar-refractivity contribution in [3.8, 4) is 0 Å². The van der Waals surface area contributed by atoms with E-state index in [9.17, 15) is 0 Å². The topological polar surface area (TPSA) is 36.9 Å². The Morgan fingerprint density at radius 3 is 0.758 bits per heavy atom. The summed E-state index contributed by atoms with van der Waals surface area (Å²) in [4.78, 5) is 0. The van der Waals surface area contributed by atoms with Gasteiger partial charge < -0.3 is 0 Å². The van der Waals surface area contributed by atoms with Crippen LogP contribution in [0.25, 0.3) is 0 Å². The molecule has 0 fully saturated rings. The molecule has 0 unspecified atom stereocenters. The molecule has 0 aliphatic carbocycles. The first-order valence-corrected chi connectivity index (χ1v) is 16.9. The molecule has 0 radical (unpaired) electrons. The van der Waals surface area contributed by atoms with E-state index in [-0.39, 0.29) is 0 Å². The molecular formula is C28H28HfO4. The van der Waals surface area contributed by atoms with Crippen LogP contribution in [0.1, 0.15) is 22.3 Å². The molecule has 4 aromatic rings. The van der Waals surface area contributed by atoms with Crippen LogP contribution in [-0.4, -0.2) is 0 Å². The van der Waals surface area contributed by atoms with Gasteiger partial charge in [0.25, 0.3) is 0 Å². The molecule has 0 saturated heterocycles. The first-order valence-electron chi connectivity index (χ1n) is 11.0. The van der Waals surface area contributed by atoms with Crippen molar-refractivity contribution in [1.29, 1.82) is 0 Å². The Balaban J connectivity index is 1.56. The van der Waals surface area contributed by atoms with Crippen LogP contribution >= 0.6 is 0 Å². The molecule has 0 atom stereocenters. The predicted molar refractivity (Wildman–Crippen MR) is 125 cm³/mol. The van der Waals surface area contributed by atoms with Gasteiger partial charge in [0.2, 0.25) is 0 Å². The van der Waals surface area contributed by atoms with E-state index in [4.69, 9.17) is 11.4 Å². The number of benzene rings is 4. The van der Waals surface area contributed by atoms with E-state index in [1.807, 2.05) is 121 Å². The first kappa shape index (κ1) is 23.7. The molecule has 0 aliphatic heterocycles. The van der Waals surface area contributed by atoms with Crippen molar-refractivity contribution in [2.45, 2.75) is 26.4 Å². The zero-order chi connectivity index (χ0) is 22.6. The van der Waals surface area contributed by atoms with Crippen molar-refractivity contribution >= 4 is 0 Å². The second-order valence-corrected chi connectivity index (χ2v) is 15.3. The van der Waals surface area contributed by atoms with Crippen LogP contribution in [0, 0.1) is 0 Å². The van der Waals surface area contributed by atoms with Gasteiger partial charge in [-0.15, -0.1) is 0 Å². The van der Waals surface area contributed by atoms with Crippen LogP contribution in [0.2, 0.25) is 0 Å². The third-order valence-corrected chi connectivity index (χ3v) is 12.2. The van der Waals surface area contributed by atoms with Gasteiger partial charge in [-0.25, -0.2) is 0 Å². The van der Waals surface area contributed by atoms with Crippen LogP contribution in [0.5, 0.6) is 0 Å². The van der Waals surface area contributed by atoms with Crippen LogP contribution in [0.15, 0.2) is 121 Å². The minimum absolute atomic E-state index is 0.376. The summed E-state index contributed by atoms with van der Waals surface area (Å²) in [6, 6.07) is 40.2. The number of hydrogen-bond donors (Lipinski definition) is 0. The van der Waals surface area contributed by atoms with Gasteiger partial charge in [-0.1, -0.05) is 0 Å². The van der Waals surface area contributed by atoms with Crippen molar-refractivity contribution in [2.24, 2.45) is 0 Å². The molecule has 0 heterocycles. The molecule has 0 aromatic heterocycles. The molecule has 0 amide bonds. The normalized spacial score (nSPS) is 11.4. The van der Waals surface area contributed by atoms with Crippen molar-refractivity contribution in [2.75, 3.05) is 0 Å². The molecule has 0 aliphatic rings. The Kier molecular flexibility index (Phi) is 9.16. The average molecular weight is 607 g/mol. The van der Waals surface area contributed by atoms with Gasteiger partial charge in [-0.05, 0) is 0 Å². The van der Waals surface area contributed by atoms with Crippen LogP contribution in [0.3, 0.4) is 0 Å². The Hall–Kier alpha value is -2.41. The van der Waals surface area contributed by atoms with Gasteiger partial charge in [-0.3, -0.25) is 0 Å². The van der Waals surface area contributed by atoms with Gasteiger partial charge in [0, 0.05) is 0 Å². The number of rotatable bonds is 12. The fourth-order valence-corrected chi connectivity index (χ4v) is 9.97. The predicted octanol–water partition coefficient (Wildman–Crippen LogP) is 6.67. The summed E-state index contributed by atoms with van der Waals surface area (Å²) in [5.41, 5.74) is 4.21. The van der Waals surface area contributed by atoms with Crippen LogP contribution in [-0.2, 0) is 59.6 Å². The van der Waals surface area contributed by atoms with E-state index in [0.29, 0.717) is 26.4 Å². The maximum absolute atomic E-state index is 6.44. The Morgan fingerprint density at radius 2 is 0.545 bits per heavy atom. The zero-order valence-electron chi connectivity index (χ0n) is 18.5. The van der Waals surface area contributed by atoms with Gasteiger partial charge in [0.15, 0.2) is 0 Å². The maximum atomic E-state index is 6.44. The third-order valence-electron chi connectivity index (χ3n) is 5.03. The third kappa shape index (κ3) is 7.84. The molecule has 0 spiro atoms. The molecule has 4 aromatic carbocycles. The minimum atomic E-state index is -4.63. The van der Waals surface area contributed by atoms with E-state index >= 15 is 0 Å². The second kappa shape index (κ2) is 12.7. The Labute approximate surface area is 202 Å². The van der Waals surface area contributed by atoms with Crippen LogP contribution < -0.4 is 0 Å². The van der Waals surface area contributed by atoms with Gasteiger partial charge in [0.05, 0.1) is 0 Å². The van der Waals surface area contributed by atoms with Gasteiger partial charge in [0.1, 0.15) is 0 Å². The number of hydrogen-bond acceptors (Lipinski definition) is 4. The zero-order valence-corrected chi connectivity index (χ0v) is 22.1. The van der Waals surface area contributed by atoms with Gasteiger partial charge >= 0.3 is 203 Å². The van der Waals surface area contributed by atoms with E-state index in [1.165, 1.54) is 0 Å². The van der Waals surface area contributed by atoms with Crippen LogP contribution in [0.4, 0.5) is 0 Å². The molecule has 4 rings (SSSR count). The van der Waals surface area contributed by atoms with Crippen molar-refractivity contribution in [1.82, 2.24) is 0 Å². The molecule has 0 saturated carbocycles. The summed E-state index contributed by atoms with van der Waals surface area (Å²) in [6.07, 6.45) is 0. The second-order valence-electron chi connectivity index (χ2n) is 7.60. The summed E-state index contributed by atoms with van der Waals surface area (Å²) in [7, 11) is 0. The summed E-state index contributed by atoms with van der Waals surface area (Å²) in [5.74, 6) is 0. The summed E-state index contributed by atoms with van der Waals surface area (Å²) >= 11 is -4.63. The monoisotopic (exact) mass is 608 g/mol. The van der Waals surface area contributed by atoms with E-state index in [0.717, 1.165) is 22.3 Å². The molecular weight excluding hydrogens is 579 g/mol. The fraction of sp³-hybridized carbons (Fsp3) is 0.143. The molecule has 0 N–H and O–H groups in total. The summed E-state index contributed by atoms with van der Waals surface area (Å²) in [5, 5.41) is 0. The first-order chi connectivity index (χ1) is 16.3. The van der Waals surface area contributed by atoms with E-state index in [1.54, 1.807) is 0 Å². The molecule has 33 heavy (non-hydrogen) atoms. The Bertz CT molecular complexity index is 881. The Morgan fingerprint density at radius 1 is 0.333 bits per heavy atom. The molecule has 168 valence electrons. The van der Waals surface area contributed by atoms with Crippen molar-refractivity contribution < 1.29 is 33.1 Å².